The third-order valence-electron chi connectivity index (χ3n) is 4.91. The quantitative estimate of drug-likeness (QED) is 0.882. The maximum absolute atomic E-state index is 12.3. The van der Waals surface area contributed by atoms with E-state index in [0.29, 0.717) is 12.6 Å². The molecule has 0 saturated heterocycles. The molecular weight excluding hydrogens is 264 g/mol. The topological polar surface area (TPSA) is 58.1 Å². The lowest BCUT2D eigenvalue weighted by atomic mass is 10.1. The summed E-state index contributed by atoms with van der Waals surface area (Å²) < 4.78 is 0. The summed E-state index contributed by atoms with van der Waals surface area (Å²) in [4.78, 5) is 22.9. The molecule has 1 aliphatic heterocycles. The molecule has 2 heterocycles. The molecule has 2 fully saturated rings. The van der Waals surface area contributed by atoms with Gasteiger partial charge in [-0.05, 0) is 49.5 Å². The van der Waals surface area contributed by atoms with E-state index >= 15 is 0 Å². The SMILES string of the molecule is O=C(CN1CCc2cncnc2C1)NC(C1CC1)C1CC1. The van der Waals surface area contributed by atoms with Crippen LogP contribution in [-0.4, -0.2) is 39.9 Å². The van der Waals surface area contributed by atoms with Gasteiger partial charge in [0.15, 0.2) is 0 Å². The van der Waals surface area contributed by atoms with Gasteiger partial charge < -0.3 is 5.32 Å². The van der Waals surface area contributed by atoms with Crippen molar-refractivity contribution in [2.24, 2.45) is 11.8 Å². The lowest BCUT2D eigenvalue weighted by molar-refractivity contribution is -0.123. The minimum atomic E-state index is 0.191. The zero-order valence-electron chi connectivity index (χ0n) is 12.3. The Bertz CT molecular complexity index is 527. The van der Waals surface area contributed by atoms with Gasteiger partial charge in [-0.15, -0.1) is 0 Å². The largest absolute Gasteiger partial charge is 0.352 e. The van der Waals surface area contributed by atoms with Crippen LogP contribution in [0.2, 0.25) is 0 Å². The first-order valence-corrected chi connectivity index (χ1v) is 8.09. The molecule has 0 spiro atoms. The van der Waals surface area contributed by atoms with Crippen molar-refractivity contribution in [1.82, 2.24) is 20.2 Å². The molecule has 0 unspecified atom stereocenters. The van der Waals surface area contributed by atoms with Crippen LogP contribution in [0.5, 0.6) is 0 Å². The van der Waals surface area contributed by atoms with Crippen LogP contribution >= 0.6 is 0 Å². The Kier molecular flexibility index (Phi) is 3.37. The van der Waals surface area contributed by atoms with E-state index in [4.69, 9.17) is 0 Å². The van der Waals surface area contributed by atoms with Gasteiger partial charge in [-0.1, -0.05) is 0 Å². The summed E-state index contributed by atoms with van der Waals surface area (Å²) in [5.74, 6) is 1.71. The molecule has 0 aromatic carbocycles. The van der Waals surface area contributed by atoms with Crippen molar-refractivity contribution in [3.05, 3.63) is 23.8 Å². The maximum Gasteiger partial charge on any atom is 0.234 e. The molecule has 3 aliphatic rings. The predicted molar refractivity (Wildman–Crippen MR) is 78.4 cm³/mol. The van der Waals surface area contributed by atoms with Gasteiger partial charge in [0, 0.05) is 25.3 Å². The maximum atomic E-state index is 12.3. The number of nitrogens with zero attached hydrogens (tertiary/aromatic N) is 3. The standard InChI is InChI=1S/C16H22N4O/c21-15(19-16(11-1-2-11)12-3-4-12)9-20-6-5-13-7-17-10-18-14(13)8-20/h7,10-12,16H,1-6,8-9H2,(H,19,21). The molecular formula is C16H22N4O. The average Bonchev–Trinajstić information content (AvgIpc) is 3.38. The molecule has 112 valence electrons. The van der Waals surface area contributed by atoms with E-state index in [-0.39, 0.29) is 5.91 Å². The molecule has 1 aromatic rings. The van der Waals surface area contributed by atoms with E-state index in [9.17, 15) is 4.79 Å². The number of hydrogen-bond donors (Lipinski definition) is 1. The van der Waals surface area contributed by atoms with Crippen LogP contribution < -0.4 is 5.32 Å². The third-order valence-corrected chi connectivity index (χ3v) is 4.91. The number of fused-ring (bicyclic) bond motifs is 1. The van der Waals surface area contributed by atoms with Gasteiger partial charge in [0.2, 0.25) is 5.91 Å². The molecule has 0 bridgehead atoms. The van der Waals surface area contributed by atoms with E-state index in [1.165, 1.54) is 31.2 Å². The molecule has 4 rings (SSSR count). The molecule has 0 atom stereocenters. The average molecular weight is 286 g/mol. The highest BCUT2D eigenvalue weighted by Gasteiger charge is 2.42. The zero-order valence-corrected chi connectivity index (χ0v) is 12.3. The van der Waals surface area contributed by atoms with Gasteiger partial charge in [0.25, 0.3) is 0 Å². The van der Waals surface area contributed by atoms with Crippen LogP contribution in [0, 0.1) is 11.8 Å². The van der Waals surface area contributed by atoms with E-state index in [2.05, 4.69) is 20.2 Å². The minimum absolute atomic E-state index is 0.191. The molecule has 2 aliphatic carbocycles. The van der Waals surface area contributed by atoms with Crippen LogP contribution in [0.1, 0.15) is 36.9 Å². The monoisotopic (exact) mass is 286 g/mol. The highest BCUT2D eigenvalue weighted by atomic mass is 16.2. The van der Waals surface area contributed by atoms with Crippen LogP contribution in [-0.2, 0) is 17.8 Å². The fourth-order valence-electron chi connectivity index (χ4n) is 3.41. The van der Waals surface area contributed by atoms with Crippen molar-refractivity contribution >= 4 is 5.91 Å². The highest BCUT2D eigenvalue weighted by Crippen LogP contribution is 2.44. The molecule has 5 heteroatoms. The van der Waals surface area contributed by atoms with Crippen molar-refractivity contribution in [2.45, 2.75) is 44.7 Å². The van der Waals surface area contributed by atoms with Gasteiger partial charge >= 0.3 is 0 Å². The van der Waals surface area contributed by atoms with Gasteiger partial charge in [-0.3, -0.25) is 9.69 Å². The molecule has 0 radical (unpaired) electrons. The summed E-state index contributed by atoms with van der Waals surface area (Å²) in [6, 6.07) is 0.455. The first-order valence-electron chi connectivity index (χ1n) is 8.09. The molecule has 1 amide bonds. The number of hydrogen-bond acceptors (Lipinski definition) is 4. The van der Waals surface area contributed by atoms with Crippen LogP contribution in [0.4, 0.5) is 0 Å². The summed E-state index contributed by atoms with van der Waals surface area (Å²) in [5.41, 5.74) is 2.30. The number of nitrogens with one attached hydrogen (secondary N) is 1. The summed E-state index contributed by atoms with van der Waals surface area (Å²) in [6.45, 7) is 2.19. The fraction of sp³-hybridized carbons (Fsp3) is 0.688. The van der Waals surface area contributed by atoms with Crippen LogP contribution in [0.3, 0.4) is 0 Å². The minimum Gasteiger partial charge on any atom is -0.352 e. The fourth-order valence-corrected chi connectivity index (χ4v) is 3.41. The normalized spacial score (nSPS) is 22.1. The summed E-state index contributed by atoms with van der Waals surface area (Å²) >= 11 is 0. The number of aromatic nitrogens is 2. The number of carbonyl (C=O) groups is 1. The summed E-state index contributed by atoms with van der Waals surface area (Å²) in [6.07, 6.45) is 9.64. The Morgan fingerprint density at radius 1 is 1.33 bits per heavy atom. The van der Waals surface area contributed by atoms with E-state index < -0.39 is 0 Å². The molecule has 5 nitrogen and oxygen atoms in total. The van der Waals surface area contributed by atoms with Gasteiger partial charge in [-0.25, -0.2) is 9.97 Å². The second-order valence-electron chi connectivity index (χ2n) is 6.72. The van der Waals surface area contributed by atoms with Gasteiger partial charge in [0.05, 0.1) is 12.2 Å². The third kappa shape index (κ3) is 3.07. The molecule has 2 saturated carbocycles. The number of amides is 1. The van der Waals surface area contributed by atoms with Crippen LogP contribution in [0.15, 0.2) is 12.5 Å². The van der Waals surface area contributed by atoms with Crippen molar-refractivity contribution in [3.63, 3.8) is 0 Å². The Morgan fingerprint density at radius 2 is 2.10 bits per heavy atom. The van der Waals surface area contributed by atoms with Crippen LogP contribution in [0.25, 0.3) is 0 Å². The lowest BCUT2D eigenvalue weighted by Crippen LogP contribution is -2.45. The lowest BCUT2D eigenvalue weighted by Gasteiger charge is -2.28. The molecule has 21 heavy (non-hydrogen) atoms. The highest BCUT2D eigenvalue weighted by molar-refractivity contribution is 5.78. The summed E-state index contributed by atoms with van der Waals surface area (Å²) in [7, 11) is 0. The van der Waals surface area contributed by atoms with Crippen molar-refractivity contribution < 1.29 is 4.79 Å². The Hall–Kier alpha value is -1.49. The second kappa shape index (κ2) is 5.37. The summed E-state index contributed by atoms with van der Waals surface area (Å²) in [5, 5.41) is 3.30. The van der Waals surface area contributed by atoms with Crippen molar-refractivity contribution in [3.8, 4) is 0 Å². The van der Waals surface area contributed by atoms with Gasteiger partial charge in [-0.2, -0.15) is 0 Å². The first kappa shape index (κ1) is 13.2. The van der Waals surface area contributed by atoms with E-state index in [1.54, 1.807) is 6.33 Å². The zero-order chi connectivity index (χ0) is 14.2. The number of rotatable bonds is 5. The van der Waals surface area contributed by atoms with Gasteiger partial charge in [0.1, 0.15) is 6.33 Å². The van der Waals surface area contributed by atoms with Crippen molar-refractivity contribution in [2.75, 3.05) is 13.1 Å². The van der Waals surface area contributed by atoms with Crippen molar-refractivity contribution in [1.29, 1.82) is 0 Å². The Balaban J connectivity index is 1.33. The van der Waals surface area contributed by atoms with E-state index in [0.717, 1.165) is 37.0 Å². The Labute approximate surface area is 125 Å². The van der Waals surface area contributed by atoms with E-state index in [1.807, 2.05) is 6.20 Å². The predicted octanol–water partition coefficient (Wildman–Crippen LogP) is 1.14. The Morgan fingerprint density at radius 3 is 2.81 bits per heavy atom. The smallest absolute Gasteiger partial charge is 0.234 e. The first-order chi connectivity index (χ1) is 10.3. The molecule has 1 aromatic heterocycles. The molecule has 1 N–H and O–H groups in total. The number of carbonyl (C=O) groups excluding carboxylic acids is 1. The second-order valence-corrected chi connectivity index (χ2v) is 6.72.